The summed E-state index contributed by atoms with van der Waals surface area (Å²) >= 11 is 0. The van der Waals surface area contributed by atoms with Crippen molar-refractivity contribution >= 4 is 12.0 Å². The minimum absolute atomic E-state index is 0.0882. The van der Waals surface area contributed by atoms with E-state index < -0.39 is 4.92 Å². The van der Waals surface area contributed by atoms with E-state index in [-0.39, 0.29) is 5.69 Å². The summed E-state index contributed by atoms with van der Waals surface area (Å²) in [6, 6.07) is 11.2. The lowest BCUT2D eigenvalue weighted by Crippen LogP contribution is -1.96. The monoisotopic (exact) mass is 257 g/mol. The van der Waals surface area contributed by atoms with Crippen LogP contribution < -0.4 is 4.74 Å². The van der Waals surface area contributed by atoms with E-state index in [1.54, 1.807) is 30.3 Å². The van der Waals surface area contributed by atoms with Crippen LogP contribution in [0.3, 0.4) is 0 Å². The molecule has 0 amide bonds. The maximum Gasteiger partial charge on any atom is 0.277 e. The summed E-state index contributed by atoms with van der Waals surface area (Å²) < 4.78 is 5.04. The molecule has 96 valence electrons. The van der Waals surface area contributed by atoms with E-state index in [1.807, 2.05) is 0 Å². The van der Waals surface area contributed by atoms with Crippen LogP contribution in [0.25, 0.3) is 11.1 Å². The molecule has 0 unspecified atom stereocenters. The third-order valence-corrected chi connectivity index (χ3v) is 2.78. The first-order valence-electron chi connectivity index (χ1n) is 5.54. The van der Waals surface area contributed by atoms with Crippen molar-refractivity contribution in [3.05, 3.63) is 58.1 Å². The third kappa shape index (κ3) is 2.44. The van der Waals surface area contributed by atoms with Crippen molar-refractivity contribution in [2.45, 2.75) is 0 Å². The molecule has 0 aliphatic heterocycles. The molecule has 5 heteroatoms. The molecule has 2 aromatic rings. The minimum Gasteiger partial charge on any atom is -0.497 e. The number of benzene rings is 2. The normalized spacial score (nSPS) is 9.95. The number of carbonyl (C=O) groups is 1. The van der Waals surface area contributed by atoms with Gasteiger partial charge in [0, 0.05) is 11.6 Å². The van der Waals surface area contributed by atoms with Gasteiger partial charge in [-0.1, -0.05) is 24.3 Å². The van der Waals surface area contributed by atoms with E-state index >= 15 is 0 Å². The molecule has 0 aliphatic rings. The topological polar surface area (TPSA) is 69.4 Å². The summed E-state index contributed by atoms with van der Waals surface area (Å²) in [5.74, 6) is 0.648. The quantitative estimate of drug-likeness (QED) is 0.479. The number of rotatable bonds is 4. The van der Waals surface area contributed by atoms with Gasteiger partial charge in [-0.05, 0) is 17.7 Å². The molecule has 19 heavy (non-hydrogen) atoms. The van der Waals surface area contributed by atoms with Crippen LogP contribution in [-0.2, 0) is 0 Å². The molecule has 0 atom stereocenters. The highest BCUT2D eigenvalue weighted by molar-refractivity contribution is 5.92. The minimum atomic E-state index is -0.493. The van der Waals surface area contributed by atoms with Gasteiger partial charge in [-0.3, -0.25) is 14.9 Å². The Bertz CT molecular complexity index is 620. The second kappa shape index (κ2) is 5.30. The van der Waals surface area contributed by atoms with Crippen molar-refractivity contribution in [1.82, 2.24) is 0 Å². The van der Waals surface area contributed by atoms with E-state index in [1.165, 1.54) is 19.2 Å². The van der Waals surface area contributed by atoms with Crippen LogP contribution in [0.1, 0.15) is 10.4 Å². The molecule has 0 aliphatic carbocycles. The highest BCUT2D eigenvalue weighted by Gasteiger charge is 2.18. The summed E-state index contributed by atoms with van der Waals surface area (Å²) in [5.41, 5.74) is 1.13. The van der Waals surface area contributed by atoms with Crippen LogP contribution in [-0.4, -0.2) is 18.3 Å². The Kier molecular flexibility index (Phi) is 3.56. The zero-order chi connectivity index (χ0) is 13.8. The molecule has 0 aromatic heterocycles. The number of ether oxygens (including phenoxy) is 1. The second-order valence-corrected chi connectivity index (χ2v) is 3.84. The fourth-order valence-electron chi connectivity index (χ4n) is 1.88. The Balaban J connectivity index is 2.64. The van der Waals surface area contributed by atoms with Gasteiger partial charge in [-0.15, -0.1) is 0 Å². The molecule has 0 radical (unpaired) electrons. The maximum atomic E-state index is 11.1. The van der Waals surface area contributed by atoms with Gasteiger partial charge in [0.15, 0.2) is 6.29 Å². The predicted molar refractivity (Wildman–Crippen MR) is 70.5 cm³/mol. The van der Waals surface area contributed by atoms with Crippen LogP contribution in [0, 0.1) is 10.1 Å². The van der Waals surface area contributed by atoms with Gasteiger partial charge in [0.2, 0.25) is 0 Å². The molecule has 0 fully saturated rings. The number of nitrogens with zero attached hydrogens (tertiary/aromatic N) is 1. The summed E-state index contributed by atoms with van der Waals surface area (Å²) in [5, 5.41) is 11.1. The van der Waals surface area contributed by atoms with Gasteiger partial charge >= 0.3 is 0 Å². The van der Waals surface area contributed by atoms with Gasteiger partial charge in [0.1, 0.15) is 5.75 Å². The number of methoxy groups -OCH3 is 1. The Morgan fingerprint density at radius 2 is 1.84 bits per heavy atom. The summed E-state index contributed by atoms with van der Waals surface area (Å²) in [7, 11) is 1.54. The average molecular weight is 257 g/mol. The highest BCUT2D eigenvalue weighted by atomic mass is 16.6. The summed E-state index contributed by atoms with van der Waals surface area (Å²) in [4.78, 5) is 21.6. The molecule has 0 heterocycles. The van der Waals surface area contributed by atoms with Crippen LogP contribution in [0.5, 0.6) is 5.75 Å². The fraction of sp³-hybridized carbons (Fsp3) is 0.0714. The van der Waals surface area contributed by atoms with Gasteiger partial charge in [0.25, 0.3) is 5.69 Å². The molecule has 0 saturated carbocycles. The van der Waals surface area contributed by atoms with E-state index in [9.17, 15) is 14.9 Å². The van der Waals surface area contributed by atoms with E-state index in [4.69, 9.17) is 4.74 Å². The molecule has 2 aromatic carbocycles. The van der Waals surface area contributed by atoms with E-state index in [0.29, 0.717) is 28.7 Å². The van der Waals surface area contributed by atoms with Gasteiger partial charge in [0.05, 0.1) is 17.6 Å². The maximum absolute atomic E-state index is 11.1. The summed E-state index contributed by atoms with van der Waals surface area (Å²) in [6.45, 7) is 0. The lowest BCUT2D eigenvalue weighted by molar-refractivity contribution is -0.384. The Morgan fingerprint density at radius 3 is 2.37 bits per heavy atom. The first kappa shape index (κ1) is 12.8. The Labute approximate surface area is 109 Å². The molecule has 0 spiro atoms. The van der Waals surface area contributed by atoms with Crippen molar-refractivity contribution in [2.75, 3.05) is 7.11 Å². The number of aldehydes is 1. The van der Waals surface area contributed by atoms with Gasteiger partial charge in [-0.2, -0.15) is 0 Å². The van der Waals surface area contributed by atoms with Crippen molar-refractivity contribution in [3.8, 4) is 16.9 Å². The summed E-state index contributed by atoms with van der Waals surface area (Å²) in [6.07, 6.45) is 0.618. The predicted octanol–water partition coefficient (Wildman–Crippen LogP) is 3.08. The van der Waals surface area contributed by atoms with Crippen LogP contribution in [0.15, 0.2) is 42.5 Å². The SMILES string of the molecule is COc1ccc(-c2c(C=O)cccc2[N+](=O)[O-])cc1. The van der Waals surface area contributed by atoms with Crippen molar-refractivity contribution in [2.24, 2.45) is 0 Å². The van der Waals surface area contributed by atoms with E-state index in [2.05, 4.69) is 0 Å². The molecular weight excluding hydrogens is 246 g/mol. The van der Waals surface area contributed by atoms with Crippen molar-refractivity contribution in [3.63, 3.8) is 0 Å². The zero-order valence-electron chi connectivity index (χ0n) is 10.2. The fourth-order valence-corrected chi connectivity index (χ4v) is 1.88. The van der Waals surface area contributed by atoms with Crippen LogP contribution >= 0.6 is 0 Å². The van der Waals surface area contributed by atoms with Gasteiger partial charge < -0.3 is 4.74 Å². The average Bonchev–Trinajstić information content (AvgIpc) is 2.46. The number of nitro groups is 1. The molecular formula is C14H11NO4. The Hall–Kier alpha value is -2.69. The number of carbonyl (C=O) groups excluding carboxylic acids is 1. The van der Waals surface area contributed by atoms with Crippen LogP contribution in [0.4, 0.5) is 5.69 Å². The lowest BCUT2D eigenvalue weighted by Gasteiger charge is -2.07. The third-order valence-electron chi connectivity index (χ3n) is 2.78. The van der Waals surface area contributed by atoms with Crippen molar-refractivity contribution in [1.29, 1.82) is 0 Å². The Morgan fingerprint density at radius 1 is 1.16 bits per heavy atom. The zero-order valence-corrected chi connectivity index (χ0v) is 10.2. The lowest BCUT2D eigenvalue weighted by atomic mass is 9.98. The number of hydrogen-bond donors (Lipinski definition) is 0. The largest absolute Gasteiger partial charge is 0.497 e. The van der Waals surface area contributed by atoms with E-state index in [0.717, 1.165) is 0 Å². The highest BCUT2D eigenvalue weighted by Crippen LogP contribution is 2.33. The number of hydrogen-bond acceptors (Lipinski definition) is 4. The molecule has 0 bridgehead atoms. The van der Waals surface area contributed by atoms with Crippen LogP contribution in [0.2, 0.25) is 0 Å². The first-order valence-corrected chi connectivity index (χ1v) is 5.54. The number of nitro benzene ring substituents is 1. The van der Waals surface area contributed by atoms with Crippen molar-refractivity contribution < 1.29 is 14.5 Å². The molecule has 5 nitrogen and oxygen atoms in total. The molecule has 0 saturated heterocycles. The van der Waals surface area contributed by atoms with Gasteiger partial charge in [-0.25, -0.2) is 0 Å². The molecule has 2 rings (SSSR count). The smallest absolute Gasteiger partial charge is 0.277 e. The second-order valence-electron chi connectivity index (χ2n) is 3.84. The standard InChI is InChI=1S/C14H11NO4/c1-19-12-7-5-10(6-8-12)14-11(9-16)3-2-4-13(14)15(17)18/h2-9H,1H3. The first-order chi connectivity index (χ1) is 9.17. The molecule has 0 N–H and O–H groups in total.